The van der Waals surface area contributed by atoms with Crippen LogP contribution in [-0.2, 0) is 14.3 Å². The van der Waals surface area contributed by atoms with E-state index in [1.165, 1.54) is 6.07 Å². The number of para-hydroxylation sites is 1. The number of rotatable bonds is 5. The van der Waals surface area contributed by atoms with Gasteiger partial charge in [0.15, 0.2) is 0 Å². The van der Waals surface area contributed by atoms with Gasteiger partial charge < -0.3 is 10.1 Å². The van der Waals surface area contributed by atoms with Gasteiger partial charge in [-0.25, -0.2) is 8.78 Å². The minimum Gasteiger partial charge on any atom is -0.466 e. The Kier molecular flexibility index (Phi) is 6.04. The smallest absolute Gasteiger partial charge is 0.310 e. The molecule has 0 radical (unpaired) electrons. The SMILES string of the molecule is CCOC(=O)[C@H]1CCCN(CC(=O)Nc2c(F)cccc2F)C1. The van der Waals surface area contributed by atoms with Crippen molar-refractivity contribution in [1.82, 2.24) is 4.90 Å². The van der Waals surface area contributed by atoms with E-state index in [4.69, 9.17) is 4.74 Å². The maximum absolute atomic E-state index is 13.5. The van der Waals surface area contributed by atoms with Crippen LogP contribution < -0.4 is 5.32 Å². The van der Waals surface area contributed by atoms with Gasteiger partial charge in [0.2, 0.25) is 5.91 Å². The number of anilines is 1. The van der Waals surface area contributed by atoms with Gasteiger partial charge in [0, 0.05) is 6.54 Å². The minimum absolute atomic E-state index is 0.0241. The van der Waals surface area contributed by atoms with E-state index in [0.717, 1.165) is 25.0 Å². The Morgan fingerprint density at radius 3 is 2.70 bits per heavy atom. The fourth-order valence-corrected chi connectivity index (χ4v) is 2.65. The number of carbonyl (C=O) groups excluding carboxylic acids is 2. The van der Waals surface area contributed by atoms with Gasteiger partial charge in [0.25, 0.3) is 0 Å². The number of hydrogen-bond acceptors (Lipinski definition) is 4. The second-order valence-corrected chi connectivity index (χ2v) is 5.47. The first-order valence-electron chi connectivity index (χ1n) is 7.64. The molecule has 1 heterocycles. The van der Waals surface area contributed by atoms with E-state index in [2.05, 4.69) is 5.32 Å². The van der Waals surface area contributed by atoms with E-state index in [1.54, 1.807) is 11.8 Å². The summed E-state index contributed by atoms with van der Waals surface area (Å²) in [6.07, 6.45) is 1.49. The normalized spacial score (nSPS) is 18.5. The highest BCUT2D eigenvalue weighted by molar-refractivity contribution is 5.92. The molecule has 7 heteroatoms. The summed E-state index contributed by atoms with van der Waals surface area (Å²) in [5, 5.41) is 2.25. The predicted molar refractivity (Wildman–Crippen MR) is 80.8 cm³/mol. The van der Waals surface area contributed by atoms with E-state index in [-0.39, 0.29) is 18.4 Å². The number of nitrogens with zero attached hydrogens (tertiary/aromatic N) is 1. The molecule has 0 bridgehead atoms. The summed E-state index contributed by atoms with van der Waals surface area (Å²) in [5.41, 5.74) is -0.448. The van der Waals surface area contributed by atoms with Crippen LogP contribution in [0.4, 0.5) is 14.5 Å². The maximum atomic E-state index is 13.5. The van der Waals surface area contributed by atoms with E-state index >= 15 is 0 Å². The summed E-state index contributed by atoms with van der Waals surface area (Å²) in [6, 6.07) is 3.39. The Morgan fingerprint density at radius 1 is 1.35 bits per heavy atom. The molecule has 1 aliphatic rings. The first-order chi connectivity index (χ1) is 11.0. The maximum Gasteiger partial charge on any atom is 0.310 e. The van der Waals surface area contributed by atoms with Crippen LogP contribution in [0.1, 0.15) is 19.8 Å². The van der Waals surface area contributed by atoms with Crippen molar-refractivity contribution in [1.29, 1.82) is 0 Å². The third kappa shape index (κ3) is 4.72. The largest absolute Gasteiger partial charge is 0.466 e. The van der Waals surface area contributed by atoms with Gasteiger partial charge in [-0.15, -0.1) is 0 Å². The summed E-state index contributed by atoms with van der Waals surface area (Å²) in [7, 11) is 0. The Morgan fingerprint density at radius 2 is 2.04 bits per heavy atom. The highest BCUT2D eigenvalue weighted by atomic mass is 19.1. The summed E-state index contributed by atoms with van der Waals surface area (Å²) in [6.45, 7) is 3.11. The van der Waals surface area contributed by atoms with Crippen molar-refractivity contribution in [3.8, 4) is 0 Å². The molecule has 1 saturated heterocycles. The molecule has 0 aromatic heterocycles. The van der Waals surface area contributed by atoms with Crippen molar-refractivity contribution < 1.29 is 23.1 Å². The van der Waals surface area contributed by atoms with E-state index in [0.29, 0.717) is 19.7 Å². The zero-order valence-electron chi connectivity index (χ0n) is 13.0. The van der Waals surface area contributed by atoms with Crippen LogP contribution >= 0.6 is 0 Å². The topological polar surface area (TPSA) is 58.6 Å². The molecule has 1 fully saturated rings. The van der Waals surface area contributed by atoms with Gasteiger partial charge in [0.1, 0.15) is 17.3 Å². The number of nitrogens with one attached hydrogen (secondary N) is 1. The molecule has 0 saturated carbocycles. The molecule has 0 unspecified atom stereocenters. The molecule has 0 aliphatic carbocycles. The first kappa shape index (κ1) is 17.3. The molecular weight excluding hydrogens is 306 g/mol. The van der Waals surface area contributed by atoms with Crippen molar-refractivity contribution in [2.75, 3.05) is 31.6 Å². The molecule has 1 atom stereocenters. The quantitative estimate of drug-likeness (QED) is 0.843. The van der Waals surface area contributed by atoms with Gasteiger partial charge >= 0.3 is 5.97 Å². The minimum atomic E-state index is -0.818. The highest BCUT2D eigenvalue weighted by Crippen LogP contribution is 2.20. The van der Waals surface area contributed by atoms with Gasteiger partial charge in [-0.1, -0.05) is 6.07 Å². The van der Waals surface area contributed by atoms with Crippen LogP contribution in [0.2, 0.25) is 0 Å². The van der Waals surface area contributed by atoms with Crippen LogP contribution in [0, 0.1) is 17.6 Å². The molecule has 1 aliphatic heterocycles. The fourth-order valence-electron chi connectivity index (χ4n) is 2.65. The van der Waals surface area contributed by atoms with Crippen molar-refractivity contribution in [2.24, 2.45) is 5.92 Å². The van der Waals surface area contributed by atoms with E-state index in [1.807, 2.05) is 0 Å². The number of amides is 1. The molecule has 2 rings (SSSR count). The van der Waals surface area contributed by atoms with Crippen LogP contribution in [0.5, 0.6) is 0 Å². The number of ether oxygens (including phenoxy) is 1. The van der Waals surface area contributed by atoms with E-state index < -0.39 is 23.2 Å². The van der Waals surface area contributed by atoms with Crippen LogP contribution in [0.25, 0.3) is 0 Å². The summed E-state index contributed by atoms with van der Waals surface area (Å²) in [4.78, 5) is 25.5. The lowest BCUT2D eigenvalue weighted by Crippen LogP contribution is -2.43. The number of piperidine rings is 1. The second kappa shape index (κ2) is 8.01. The highest BCUT2D eigenvalue weighted by Gasteiger charge is 2.28. The predicted octanol–water partition coefficient (Wildman–Crippen LogP) is 2.18. The number of benzene rings is 1. The van der Waals surface area contributed by atoms with Crippen LogP contribution in [-0.4, -0.2) is 43.0 Å². The van der Waals surface area contributed by atoms with Crippen molar-refractivity contribution >= 4 is 17.6 Å². The van der Waals surface area contributed by atoms with Crippen molar-refractivity contribution in [2.45, 2.75) is 19.8 Å². The number of esters is 1. The Balaban J connectivity index is 1.91. The first-order valence-corrected chi connectivity index (χ1v) is 7.64. The zero-order chi connectivity index (χ0) is 16.8. The summed E-state index contributed by atoms with van der Waals surface area (Å²) in [5.74, 6) is -2.68. The molecular formula is C16H20F2N2O3. The molecule has 23 heavy (non-hydrogen) atoms. The average Bonchev–Trinajstić information content (AvgIpc) is 2.51. The lowest BCUT2D eigenvalue weighted by atomic mass is 9.98. The van der Waals surface area contributed by atoms with Crippen LogP contribution in [0.3, 0.4) is 0 Å². The van der Waals surface area contributed by atoms with Crippen molar-refractivity contribution in [3.63, 3.8) is 0 Å². The Bertz CT molecular complexity index is 560. The molecule has 1 N–H and O–H groups in total. The molecule has 1 amide bonds. The average molecular weight is 326 g/mol. The lowest BCUT2D eigenvalue weighted by molar-refractivity contribution is -0.150. The number of hydrogen-bond donors (Lipinski definition) is 1. The lowest BCUT2D eigenvalue weighted by Gasteiger charge is -2.30. The molecule has 5 nitrogen and oxygen atoms in total. The molecule has 126 valence electrons. The second-order valence-electron chi connectivity index (χ2n) is 5.47. The Labute approximate surface area is 133 Å². The van der Waals surface area contributed by atoms with E-state index in [9.17, 15) is 18.4 Å². The van der Waals surface area contributed by atoms with Crippen molar-refractivity contribution in [3.05, 3.63) is 29.8 Å². The molecule has 1 aromatic rings. The van der Waals surface area contributed by atoms with Gasteiger partial charge in [-0.2, -0.15) is 0 Å². The van der Waals surface area contributed by atoms with Gasteiger partial charge in [-0.05, 0) is 38.4 Å². The van der Waals surface area contributed by atoms with Crippen LogP contribution in [0.15, 0.2) is 18.2 Å². The Hall–Kier alpha value is -2.02. The summed E-state index contributed by atoms with van der Waals surface area (Å²) >= 11 is 0. The standard InChI is InChI=1S/C16H20F2N2O3/c1-2-23-16(22)11-5-4-8-20(9-11)10-14(21)19-15-12(17)6-3-7-13(15)18/h3,6-7,11H,2,4-5,8-10H2,1H3,(H,19,21)/t11-/m0/s1. The zero-order valence-corrected chi connectivity index (χ0v) is 13.0. The molecule has 1 aromatic carbocycles. The van der Waals surface area contributed by atoms with Gasteiger partial charge in [-0.3, -0.25) is 14.5 Å². The number of halogens is 2. The third-order valence-electron chi connectivity index (χ3n) is 3.72. The number of carbonyl (C=O) groups is 2. The summed E-state index contributed by atoms with van der Waals surface area (Å²) < 4.78 is 32.0. The van der Waals surface area contributed by atoms with Gasteiger partial charge in [0.05, 0.1) is 19.1 Å². The fraction of sp³-hybridized carbons (Fsp3) is 0.500. The number of likely N-dealkylation sites (tertiary alicyclic amines) is 1. The monoisotopic (exact) mass is 326 g/mol. The molecule has 0 spiro atoms. The third-order valence-corrected chi connectivity index (χ3v) is 3.72.